The maximum Gasteiger partial charge on any atom is 0.261 e. The van der Waals surface area contributed by atoms with E-state index >= 15 is 0 Å². The summed E-state index contributed by atoms with van der Waals surface area (Å²) in [5.41, 5.74) is 4.32. The van der Waals surface area contributed by atoms with Crippen LogP contribution in [0.25, 0.3) is 0 Å². The third-order valence-corrected chi connectivity index (χ3v) is 6.77. The molecule has 0 radical (unpaired) electrons. The predicted molar refractivity (Wildman–Crippen MR) is 142 cm³/mol. The number of hydrogen-bond acceptors (Lipinski definition) is 5. The number of aryl methyl sites for hydroxylation is 3. The van der Waals surface area contributed by atoms with Gasteiger partial charge in [-0.15, -0.1) is 0 Å². The molecule has 0 spiro atoms. The molecule has 1 fully saturated rings. The van der Waals surface area contributed by atoms with Gasteiger partial charge in [-0.3, -0.25) is 19.4 Å². The summed E-state index contributed by atoms with van der Waals surface area (Å²) in [6.45, 7) is 9.32. The number of amides is 2. The van der Waals surface area contributed by atoms with Crippen molar-refractivity contribution in [3.8, 4) is 5.75 Å². The molecule has 8 heteroatoms. The number of ether oxygens (including phenoxy) is 1. The number of likely N-dealkylation sites (tertiary alicyclic amines) is 1. The Morgan fingerprint density at radius 3 is 2.54 bits per heavy atom. The SMILES string of the molecule is CCOc1ccccc1CNC(=O)c1ccc(C)nc1C1CCN(C(=O)c2c(C)cc(C)[nH]c2=O)CC1. The molecule has 4 rings (SSSR count). The van der Waals surface area contributed by atoms with E-state index in [4.69, 9.17) is 9.72 Å². The van der Waals surface area contributed by atoms with Gasteiger partial charge in [0.1, 0.15) is 11.3 Å². The molecule has 194 valence electrons. The number of piperidine rings is 1. The molecule has 1 saturated heterocycles. The van der Waals surface area contributed by atoms with E-state index in [0.29, 0.717) is 50.2 Å². The molecule has 8 nitrogen and oxygen atoms in total. The topological polar surface area (TPSA) is 104 Å². The third-order valence-electron chi connectivity index (χ3n) is 6.77. The number of hydrogen-bond donors (Lipinski definition) is 2. The zero-order valence-corrected chi connectivity index (χ0v) is 21.9. The van der Waals surface area contributed by atoms with Crippen LogP contribution in [-0.4, -0.2) is 46.4 Å². The minimum Gasteiger partial charge on any atom is -0.494 e. The second kappa shape index (κ2) is 11.4. The summed E-state index contributed by atoms with van der Waals surface area (Å²) < 4.78 is 5.67. The lowest BCUT2D eigenvalue weighted by Crippen LogP contribution is -2.41. The highest BCUT2D eigenvalue weighted by molar-refractivity contribution is 5.96. The summed E-state index contributed by atoms with van der Waals surface area (Å²) in [4.78, 5) is 48.0. The van der Waals surface area contributed by atoms with Crippen LogP contribution in [-0.2, 0) is 6.54 Å². The fourth-order valence-electron chi connectivity index (χ4n) is 4.93. The molecule has 37 heavy (non-hydrogen) atoms. The largest absolute Gasteiger partial charge is 0.494 e. The molecule has 2 amide bonds. The van der Waals surface area contributed by atoms with Crippen LogP contribution in [0.1, 0.15) is 74.6 Å². The first kappa shape index (κ1) is 26.1. The van der Waals surface area contributed by atoms with Crippen LogP contribution in [0.15, 0.2) is 47.3 Å². The Balaban J connectivity index is 1.47. The maximum absolute atomic E-state index is 13.2. The number of nitrogens with one attached hydrogen (secondary N) is 2. The first-order valence-corrected chi connectivity index (χ1v) is 12.7. The fraction of sp³-hybridized carbons (Fsp3) is 0.379. The number of aromatic amines is 1. The highest BCUT2D eigenvalue weighted by Crippen LogP contribution is 2.30. The van der Waals surface area contributed by atoms with Crippen LogP contribution in [0.2, 0.25) is 0 Å². The molecule has 2 aromatic heterocycles. The van der Waals surface area contributed by atoms with Gasteiger partial charge in [-0.05, 0) is 70.4 Å². The standard InChI is InChI=1S/C29H34N4O4/c1-5-37-24-9-7-6-8-22(24)17-30-27(34)23-11-10-19(3)31-26(23)21-12-14-33(15-13-21)29(36)25-18(2)16-20(4)32-28(25)35/h6-11,16,21H,5,12-15,17H2,1-4H3,(H,30,34)(H,32,35). The molecule has 3 aromatic rings. The number of carbonyl (C=O) groups excluding carboxylic acids is 2. The third kappa shape index (κ3) is 5.90. The molecule has 1 aliphatic heterocycles. The van der Waals surface area contributed by atoms with Gasteiger partial charge in [-0.25, -0.2) is 0 Å². The van der Waals surface area contributed by atoms with E-state index in [2.05, 4.69) is 10.3 Å². The Bertz CT molecular complexity index is 1360. The second-order valence-corrected chi connectivity index (χ2v) is 9.51. The number of carbonyl (C=O) groups is 2. The van der Waals surface area contributed by atoms with Gasteiger partial charge in [0.2, 0.25) is 0 Å². The summed E-state index contributed by atoms with van der Waals surface area (Å²) in [6.07, 6.45) is 1.33. The van der Waals surface area contributed by atoms with Gasteiger partial charge in [0.25, 0.3) is 17.4 Å². The molecule has 2 N–H and O–H groups in total. The molecule has 3 heterocycles. The van der Waals surface area contributed by atoms with Crippen LogP contribution in [0.5, 0.6) is 5.75 Å². The number of para-hydroxylation sites is 1. The number of rotatable bonds is 7. The van der Waals surface area contributed by atoms with Gasteiger partial charge in [-0.2, -0.15) is 0 Å². The fourth-order valence-corrected chi connectivity index (χ4v) is 4.93. The van der Waals surface area contributed by atoms with Crippen molar-refractivity contribution in [1.82, 2.24) is 20.2 Å². The van der Waals surface area contributed by atoms with Gasteiger partial charge in [0.15, 0.2) is 0 Å². The van der Waals surface area contributed by atoms with Crippen molar-refractivity contribution in [1.29, 1.82) is 0 Å². The Hall–Kier alpha value is -3.94. The lowest BCUT2D eigenvalue weighted by atomic mass is 9.89. The van der Waals surface area contributed by atoms with Crippen LogP contribution in [0.4, 0.5) is 0 Å². The first-order valence-electron chi connectivity index (χ1n) is 12.7. The number of benzene rings is 1. The van der Waals surface area contributed by atoms with Crippen LogP contribution in [0, 0.1) is 20.8 Å². The van der Waals surface area contributed by atoms with Crippen molar-refractivity contribution in [2.75, 3.05) is 19.7 Å². The van der Waals surface area contributed by atoms with Gasteiger partial charge in [0, 0.05) is 42.5 Å². The Labute approximate surface area is 217 Å². The Kier molecular flexibility index (Phi) is 8.06. The van der Waals surface area contributed by atoms with Gasteiger partial charge in [0.05, 0.1) is 17.9 Å². The van der Waals surface area contributed by atoms with Crippen molar-refractivity contribution < 1.29 is 14.3 Å². The zero-order chi connectivity index (χ0) is 26.5. The Morgan fingerprint density at radius 1 is 1.11 bits per heavy atom. The monoisotopic (exact) mass is 502 g/mol. The van der Waals surface area contributed by atoms with Gasteiger partial charge in [-0.1, -0.05) is 18.2 Å². The number of H-pyrrole nitrogens is 1. The van der Waals surface area contributed by atoms with Crippen molar-refractivity contribution in [3.63, 3.8) is 0 Å². The molecular formula is C29H34N4O4. The number of pyridine rings is 2. The highest BCUT2D eigenvalue weighted by atomic mass is 16.5. The lowest BCUT2D eigenvalue weighted by Gasteiger charge is -2.32. The summed E-state index contributed by atoms with van der Waals surface area (Å²) in [6, 6.07) is 13.1. The van der Waals surface area contributed by atoms with E-state index in [1.807, 2.05) is 56.3 Å². The Morgan fingerprint density at radius 2 is 1.84 bits per heavy atom. The summed E-state index contributed by atoms with van der Waals surface area (Å²) >= 11 is 0. The average Bonchev–Trinajstić information content (AvgIpc) is 2.87. The van der Waals surface area contributed by atoms with Crippen molar-refractivity contribution in [2.24, 2.45) is 0 Å². The molecule has 0 unspecified atom stereocenters. The highest BCUT2D eigenvalue weighted by Gasteiger charge is 2.30. The zero-order valence-electron chi connectivity index (χ0n) is 21.9. The second-order valence-electron chi connectivity index (χ2n) is 9.51. The minimum absolute atomic E-state index is 0.0396. The predicted octanol–water partition coefficient (Wildman–Crippen LogP) is 4.04. The van der Waals surface area contributed by atoms with Gasteiger partial charge >= 0.3 is 0 Å². The van der Waals surface area contributed by atoms with Crippen LogP contribution < -0.4 is 15.6 Å². The molecule has 0 saturated carbocycles. The van der Waals surface area contributed by atoms with Crippen LogP contribution in [0.3, 0.4) is 0 Å². The molecule has 1 aromatic carbocycles. The number of aromatic nitrogens is 2. The van der Waals surface area contributed by atoms with E-state index in [1.54, 1.807) is 18.7 Å². The molecule has 0 aliphatic carbocycles. The molecular weight excluding hydrogens is 468 g/mol. The summed E-state index contributed by atoms with van der Waals surface area (Å²) in [5.74, 6) is 0.361. The van der Waals surface area contributed by atoms with E-state index in [1.165, 1.54) is 0 Å². The van der Waals surface area contributed by atoms with Crippen LogP contribution >= 0.6 is 0 Å². The molecule has 1 aliphatic rings. The van der Waals surface area contributed by atoms with E-state index in [0.717, 1.165) is 28.4 Å². The van der Waals surface area contributed by atoms with E-state index in [9.17, 15) is 14.4 Å². The quantitative estimate of drug-likeness (QED) is 0.507. The summed E-state index contributed by atoms with van der Waals surface area (Å²) in [7, 11) is 0. The van der Waals surface area contributed by atoms with Crippen molar-refractivity contribution >= 4 is 11.8 Å². The minimum atomic E-state index is -0.352. The van der Waals surface area contributed by atoms with Crippen molar-refractivity contribution in [2.45, 2.75) is 53.0 Å². The van der Waals surface area contributed by atoms with Crippen molar-refractivity contribution in [3.05, 3.63) is 92.2 Å². The molecule has 0 atom stereocenters. The first-order chi connectivity index (χ1) is 17.8. The maximum atomic E-state index is 13.2. The smallest absolute Gasteiger partial charge is 0.261 e. The summed E-state index contributed by atoms with van der Waals surface area (Å²) in [5, 5.41) is 3.02. The van der Waals surface area contributed by atoms with E-state index in [-0.39, 0.29) is 28.9 Å². The average molecular weight is 503 g/mol. The number of nitrogens with zero attached hydrogens (tertiary/aromatic N) is 2. The normalized spacial score (nSPS) is 13.9. The van der Waals surface area contributed by atoms with Gasteiger partial charge < -0.3 is 19.9 Å². The lowest BCUT2D eigenvalue weighted by molar-refractivity contribution is 0.0708. The van der Waals surface area contributed by atoms with E-state index < -0.39 is 0 Å². The molecule has 0 bridgehead atoms.